The third kappa shape index (κ3) is 3.49. The van der Waals surface area contributed by atoms with E-state index in [1.807, 2.05) is 0 Å². The normalized spacial score (nSPS) is 9.27. The van der Waals surface area contributed by atoms with Crippen molar-refractivity contribution in [2.24, 2.45) is 0 Å². The summed E-state index contributed by atoms with van der Waals surface area (Å²) in [6.45, 7) is 1.71. The maximum atomic E-state index is 13.3. The van der Waals surface area contributed by atoms with Crippen molar-refractivity contribution >= 4 is 21.7 Å². The quantitative estimate of drug-likeness (QED) is 0.605. The number of halogens is 2. The Kier molecular flexibility index (Phi) is 4.51. The van der Waals surface area contributed by atoms with E-state index in [4.69, 9.17) is 0 Å². The molecule has 0 N–H and O–H groups in total. The molecular formula is C12H10BrFO. The van der Waals surface area contributed by atoms with Crippen LogP contribution in [0.1, 0.15) is 30.1 Å². The summed E-state index contributed by atoms with van der Waals surface area (Å²) in [4.78, 5) is 11.5. The van der Waals surface area contributed by atoms with Crippen LogP contribution in [0.15, 0.2) is 22.7 Å². The Morgan fingerprint density at radius 1 is 1.53 bits per heavy atom. The van der Waals surface area contributed by atoms with E-state index in [0.717, 1.165) is 0 Å². The Morgan fingerprint density at radius 2 is 2.27 bits per heavy atom. The van der Waals surface area contributed by atoms with Gasteiger partial charge in [0.15, 0.2) is 5.78 Å². The molecule has 0 aliphatic carbocycles. The number of carbonyl (C=O) groups excluding carboxylic acids is 1. The van der Waals surface area contributed by atoms with Gasteiger partial charge in [-0.05, 0) is 25.1 Å². The minimum atomic E-state index is -0.487. The third-order valence-corrected chi connectivity index (χ3v) is 2.38. The number of Topliss-reactive ketones (excluding diaryl/α,β-unsaturated/α-hetero) is 1. The van der Waals surface area contributed by atoms with E-state index in [-0.39, 0.29) is 17.8 Å². The van der Waals surface area contributed by atoms with Crippen LogP contribution in [0.5, 0.6) is 0 Å². The molecule has 0 aliphatic heterocycles. The fraction of sp³-hybridized carbons (Fsp3) is 0.250. The molecule has 0 saturated carbocycles. The predicted molar refractivity (Wildman–Crippen MR) is 61.1 cm³/mol. The first-order valence-electron chi connectivity index (χ1n) is 4.53. The number of hydrogen-bond donors (Lipinski definition) is 0. The van der Waals surface area contributed by atoms with Gasteiger partial charge in [-0.2, -0.15) is 0 Å². The molecule has 0 bridgehead atoms. The van der Waals surface area contributed by atoms with Crippen LogP contribution < -0.4 is 0 Å². The molecule has 0 fully saturated rings. The minimum Gasteiger partial charge on any atom is -0.294 e. The molecule has 0 saturated heterocycles. The standard InChI is InChI=1S/C12H10BrFO/c1-2-3-4-5-12(15)10-7-6-9(13)8-11(10)14/h6-8H,4-5H2,1H3. The Hall–Kier alpha value is -1.14. The van der Waals surface area contributed by atoms with E-state index in [2.05, 4.69) is 27.8 Å². The summed E-state index contributed by atoms with van der Waals surface area (Å²) in [5, 5.41) is 0. The zero-order valence-electron chi connectivity index (χ0n) is 8.31. The molecule has 0 spiro atoms. The molecule has 0 aromatic heterocycles. The Labute approximate surface area is 96.8 Å². The van der Waals surface area contributed by atoms with Crippen molar-refractivity contribution in [1.82, 2.24) is 0 Å². The van der Waals surface area contributed by atoms with Gasteiger partial charge in [0, 0.05) is 17.3 Å². The van der Waals surface area contributed by atoms with E-state index < -0.39 is 5.82 Å². The monoisotopic (exact) mass is 268 g/mol. The topological polar surface area (TPSA) is 17.1 Å². The molecule has 1 aromatic carbocycles. The van der Waals surface area contributed by atoms with E-state index in [1.165, 1.54) is 12.1 Å². The van der Waals surface area contributed by atoms with Crippen molar-refractivity contribution in [1.29, 1.82) is 0 Å². The van der Waals surface area contributed by atoms with Gasteiger partial charge < -0.3 is 0 Å². The van der Waals surface area contributed by atoms with Crippen LogP contribution in [-0.2, 0) is 0 Å². The molecule has 15 heavy (non-hydrogen) atoms. The fourth-order valence-electron chi connectivity index (χ4n) is 1.15. The Balaban J connectivity index is 2.76. The van der Waals surface area contributed by atoms with E-state index in [9.17, 15) is 9.18 Å². The molecule has 0 radical (unpaired) electrons. The van der Waals surface area contributed by atoms with Crippen molar-refractivity contribution in [2.45, 2.75) is 19.8 Å². The number of ketones is 1. The highest BCUT2D eigenvalue weighted by atomic mass is 79.9. The van der Waals surface area contributed by atoms with Crippen LogP contribution in [0.4, 0.5) is 4.39 Å². The van der Waals surface area contributed by atoms with Crippen molar-refractivity contribution in [3.05, 3.63) is 34.1 Å². The summed E-state index contributed by atoms with van der Waals surface area (Å²) in [5.74, 6) is 4.78. The molecule has 78 valence electrons. The lowest BCUT2D eigenvalue weighted by atomic mass is 10.1. The molecule has 1 rings (SSSR count). The second kappa shape index (κ2) is 5.67. The molecule has 1 nitrogen and oxygen atoms in total. The molecule has 1 aromatic rings. The SMILES string of the molecule is CC#CCCC(=O)c1ccc(Br)cc1F. The average molecular weight is 269 g/mol. The van der Waals surface area contributed by atoms with Crippen LogP contribution in [0.25, 0.3) is 0 Å². The molecular weight excluding hydrogens is 259 g/mol. The first kappa shape index (κ1) is 11.9. The summed E-state index contributed by atoms with van der Waals surface area (Å²) < 4.78 is 14.0. The highest BCUT2D eigenvalue weighted by Gasteiger charge is 2.10. The number of carbonyl (C=O) groups is 1. The molecule has 0 heterocycles. The molecule has 0 atom stereocenters. The van der Waals surface area contributed by atoms with Crippen molar-refractivity contribution < 1.29 is 9.18 Å². The van der Waals surface area contributed by atoms with Gasteiger partial charge in [-0.25, -0.2) is 4.39 Å². The first-order valence-corrected chi connectivity index (χ1v) is 5.32. The van der Waals surface area contributed by atoms with Crippen LogP contribution in [0.3, 0.4) is 0 Å². The predicted octanol–water partition coefficient (Wildman–Crippen LogP) is 3.57. The number of hydrogen-bond acceptors (Lipinski definition) is 1. The van der Waals surface area contributed by atoms with Crippen molar-refractivity contribution in [3.63, 3.8) is 0 Å². The lowest BCUT2D eigenvalue weighted by molar-refractivity contribution is 0.0980. The number of rotatable bonds is 3. The summed E-state index contributed by atoms with van der Waals surface area (Å²) in [6.07, 6.45) is 0.740. The van der Waals surface area contributed by atoms with Crippen LogP contribution in [0.2, 0.25) is 0 Å². The van der Waals surface area contributed by atoms with Crippen LogP contribution in [0, 0.1) is 17.7 Å². The van der Waals surface area contributed by atoms with Crippen LogP contribution in [-0.4, -0.2) is 5.78 Å². The van der Waals surface area contributed by atoms with Crippen LogP contribution >= 0.6 is 15.9 Å². The van der Waals surface area contributed by atoms with Gasteiger partial charge in [-0.15, -0.1) is 11.8 Å². The summed E-state index contributed by atoms with van der Waals surface area (Å²) >= 11 is 3.14. The van der Waals surface area contributed by atoms with Gasteiger partial charge in [0.05, 0.1) is 5.56 Å². The largest absolute Gasteiger partial charge is 0.294 e. The summed E-state index contributed by atoms with van der Waals surface area (Å²) in [5.41, 5.74) is 0.135. The first-order chi connectivity index (χ1) is 7.15. The van der Waals surface area contributed by atoms with Gasteiger partial charge in [0.2, 0.25) is 0 Å². The lowest BCUT2D eigenvalue weighted by Gasteiger charge is -2.00. The summed E-state index contributed by atoms with van der Waals surface area (Å²) in [7, 11) is 0. The van der Waals surface area contributed by atoms with Gasteiger partial charge in [0.25, 0.3) is 0 Å². The van der Waals surface area contributed by atoms with Gasteiger partial charge >= 0.3 is 0 Å². The maximum absolute atomic E-state index is 13.3. The average Bonchev–Trinajstić information content (AvgIpc) is 2.17. The lowest BCUT2D eigenvalue weighted by Crippen LogP contribution is -2.01. The Bertz CT molecular complexity index is 429. The molecule has 0 unspecified atom stereocenters. The second-order valence-corrected chi connectivity index (χ2v) is 3.89. The zero-order chi connectivity index (χ0) is 11.3. The van der Waals surface area contributed by atoms with E-state index in [1.54, 1.807) is 13.0 Å². The Morgan fingerprint density at radius 3 is 2.87 bits per heavy atom. The molecule has 0 amide bonds. The van der Waals surface area contributed by atoms with Gasteiger partial charge in [0.1, 0.15) is 5.82 Å². The number of benzene rings is 1. The maximum Gasteiger partial charge on any atom is 0.166 e. The van der Waals surface area contributed by atoms with Crippen molar-refractivity contribution in [3.8, 4) is 11.8 Å². The van der Waals surface area contributed by atoms with E-state index >= 15 is 0 Å². The smallest absolute Gasteiger partial charge is 0.166 e. The van der Waals surface area contributed by atoms with Gasteiger partial charge in [-0.1, -0.05) is 15.9 Å². The highest BCUT2D eigenvalue weighted by molar-refractivity contribution is 9.10. The molecule has 0 aliphatic rings. The second-order valence-electron chi connectivity index (χ2n) is 2.97. The fourth-order valence-corrected chi connectivity index (χ4v) is 1.48. The third-order valence-electron chi connectivity index (χ3n) is 1.89. The summed E-state index contributed by atoms with van der Waals surface area (Å²) in [6, 6.07) is 4.43. The molecule has 3 heteroatoms. The van der Waals surface area contributed by atoms with Gasteiger partial charge in [-0.3, -0.25) is 4.79 Å². The highest BCUT2D eigenvalue weighted by Crippen LogP contribution is 2.16. The zero-order valence-corrected chi connectivity index (χ0v) is 9.90. The minimum absolute atomic E-state index is 0.135. The van der Waals surface area contributed by atoms with E-state index in [0.29, 0.717) is 10.9 Å². The van der Waals surface area contributed by atoms with Crippen molar-refractivity contribution in [2.75, 3.05) is 0 Å².